The topological polar surface area (TPSA) is 85.0 Å². The molecule has 0 spiro atoms. The first-order valence-corrected chi connectivity index (χ1v) is 13.6. The van der Waals surface area contributed by atoms with Gasteiger partial charge in [0.25, 0.3) is 0 Å². The summed E-state index contributed by atoms with van der Waals surface area (Å²) in [6.07, 6.45) is 0.327. The molecule has 0 radical (unpaired) electrons. The Morgan fingerprint density at radius 3 is 1.66 bits per heavy atom. The summed E-state index contributed by atoms with van der Waals surface area (Å²) in [7, 11) is 0. The van der Waals surface area contributed by atoms with E-state index in [9.17, 15) is 9.90 Å². The number of rotatable bonds is 14. The van der Waals surface area contributed by atoms with Crippen LogP contribution in [0.25, 0.3) is 0 Å². The van der Waals surface area contributed by atoms with Gasteiger partial charge < -0.3 is 20.3 Å². The maximum atomic E-state index is 11.4. The van der Waals surface area contributed by atoms with Crippen LogP contribution in [0.15, 0.2) is 97.1 Å². The third-order valence-corrected chi connectivity index (χ3v) is 6.76. The lowest BCUT2D eigenvalue weighted by Gasteiger charge is -2.25. The quantitative estimate of drug-likeness (QED) is 0.175. The number of benzene rings is 4. The third-order valence-electron chi connectivity index (χ3n) is 6.76. The summed E-state index contributed by atoms with van der Waals surface area (Å²) in [6.45, 7) is 6.73. The number of aryl methyl sites for hydroxylation is 2. The van der Waals surface area contributed by atoms with Gasteiger partial charge >= 0.3 is 5.97 Å². The summed E-state index contributed by atoms with van der Waals surface area (Å²) >= 11 is 0. The van der Waals surface area contributed by atoms with Crippen LogP contribution in [0.1, 0.15) is 39.8 Å². The summed E-state index contributed by atoms with van der Waals surface area (Å²) in [5.74, 6) is 0.616. The van der Waals surface area contributed by atoms with E-state index in [0.29, 0.717) is 39.3 Å². The minimum atomic E-state index is -0.997. The highest BCUT2D eigenvalue weighted by Gasteiger charge is 2.18. The first kappa shape index (κ1) is 31.7. The molecule has 0 aromatic heterocycles. The fourth-order valence-corrected chi connectivity index (χ4v) is 4.62. The van der Waals surface area contributed by atoms with Crippen molar-refractivity contribution in [2.75, 3.05) is 6.54 Å². The zero-order valence-electron chi connectivity index (χ0n) is 23.7. The largest absolute Gasteiger partial charge is 0.489 e. The highest BCUT2D eigenvalue weighted by molar-refractivity contribution is 5.85. The van der Waals surface area contributed by atoms with Crippen molar-refractivity contribution in [2.45, 2.75) is 52.6 Å². The van der Waals surface area contributed by atoms with Crippen molar-refractivity contribution in [3.63, 3.8) is 0 Å². The van der Waals surface area contributed by atoms with Gasteiger partial charge in [-0.2, -0.15) is 0 Å². The standard InChI is InChI=1S/C34H38N2O4.ClH/c1-25-9-7-11-27(19-25)23-39-32-15-5-3-13-29(32)21-36(18-17-31(35)34(37)38)22-30-14-4-6-16-33(30)40-24-28-12-8-10-26(2)20-28;/h3-16,19-20,31H,17-18,21-24,35H2,1-2H3,(H,37,38);1H/t31-;/m0./s1. The van der Waals surface area contributed by atoms with Crippen LogP contribution in [0.2, 0.25) is 0 Å². The molecule has 0 aliphatic heterocycles. The lowest BCUT2D eigenvalue weighted by atomic mass is 10.1. The van der Waals surface area contributed by atoms with Crippen molar-refractivity contribution in [1.82, 2.24) is 4.90 Å². The monoisotopic (exact) mass is 574 g/mol. The molecular weight excluding hydrogens is 536 g/mol. The molecule has 0 saturated carbocycles. The second kappa shape index (κ2) is 15.8. The molecule has 6 nitrogen and oxygen atoms in total. The van der Waals surface area contributed by atoms with Crippen LogP contribution in [0.5, 0.6) is 11.5 Å². The van der Waals surface area contributed by atoms with E-state index in [1.165, 1.54) is 11.1 Å². The van der Waals surface area contributed by atoms with E-state index in [1.54, 1.807) is 0 Å². The van der Waals surface area contributed by atoms with Crippen LogP contribution in [0, 0.1) is 13.8 Å². The Labute approximate surface area is 249 Å². The molecule has 4 aromatic carbocycles. The second-order valence-corrected chi connectivity index (χ2v) is 10.2. The second-order valence-electron chi connectivity index (χ2n) is 10.2. The molecule has 0 unspecified atom stereocenters. The van der Waals surface area contributed by atoms with Gasteiger partial charge in [0.05, 0.1) is 0 Å². The van der Waals surface area contributed by atoms with Gasteiger partial charge in [-0.25, -0.2) is 0 Å². The minimum Gasteiger partial charge on any atom is -0.489 e. The molecular formula is C34H39ClN2O4. The lowest BCUT2D eigenvalue weighted by molar-refractivity contribution is -0.138. The van der Waals surface area contributed by atoms with Crippen LogP contribution in [0.4, 0.5) is 0 Å². The zero-order valence-corrected chi connectivity index (χ0v) is 24.5. The molecule has 4 aromatic rings. The maximum absolute atomic E-state index is 11.4. The predicted octanol–water partition coefficient (Wildman–Crippen LogP) is 6.69. The van der Waals surface area contributed by atoms with E-state index in [-0.39, 0.29) is 12.4 Å². The van der Waals surface area contributed by atoms with Gasteiger partial charge in [0.1, 0.15) is 30.8 Å². The number of para-hydroxylation sites is 2. The number of ether oxygens (including phenoxy) is 2. The Morgan fingerprint density at radius 2 is 1.22 bits per heavy atom. The van der Waals surface area contributed by atoms with E-state index < -0.39 is 12.0 Å². The Kier molecular flexibility index (Phi) is 12.2. The summed E-state index contributed by atoms with van der Waals surface area (Å²) in [5.41, 5.74) is 12.5. The van der Waals surface area contributed by atoms with Gasteiger partial charge in [-0.05, 0) is 43.5 Å². The van der Waals surface area contributed by atoms with Crippen LogP contribution in [0.3, 0.4) is 0 Å². The van der Waals surface area contributed by atoms with E-state index in [4.69, 9.17) is 15.2 Å². The Balaban J connectivity index is 0.00000462. The van der Waals surface area contributed by atoms with Crippen molar-refractivity contribution >= 4 is 18.4 Å². The summed E-state index contributed by atoms with van der Waals surface area (Å²) in [4.78, 5) is 13.6. The number of hydrogen-bond donors (Lipinski definition) is 2. The number of hydrogen-bond acceptors (Lipinski definition) is 5. The number of nitrogens with zero attached hydrogens (tertiary/aromatic N) is 1. The van der Waals surface area contributed by atoms with Crippen LogP contribution >= 0.6 is 12.4 Å². The molecule has 1 atom stereocenters. The molecule has 0 amide bonds. The predicted molar refractivity (Wildman–Crippen MR) is 165 cm³/mol. The maximum Gasteiger partial charge on any atom is 0.320 e. The van der Waals surface area contributed by atoms with Crippen molar-refractivity contribution in [3.8, 4) is 11.5 Å². The van der Waals surface area contributed by atoms with E-state index in [1.807, 2.05) is 48.5 Å². The van der Waals surface area contributed by atoms with Crippen molar-refractivity contribution in [1.29, 1.82) is 0 Å². The molecule has 0 saturated heterocycles. The normalized spacial score (nSPS) is 11.5. The van der Waals surface area contributed by atoms with Crippen molar-refractivity contribution < 1.29 is 19.4 Å². The average molecular weight is 575 g/mol. The molecule has 3 N–H and O–H groups in total. The molecule has 0 bridgehead atoms. The van der Waals surface area contributed by atoms with Gasteiger partial charge in [-0.15, -0.1) is 12.4 Å². The number of carboxylic acids is 1. The number of halogens is 1. The first-order chi connectivity index (χ1) is 19.4. The average Bonchev–Trinajstić information content (AvgIpc) is 2.95. The Morgan fingerprint density at radius 1 is 0.756 bits per heavy atom. The molecule has 0 aliphatic carbocycles. The summed E-state index contributed by atoms with van der Waals surface area (Å²) in [5, 5.41) is 9.37. The van der Waals surface area contributed by atoms with E-state index in [0.717, 1.165) is 33.8 Å². The van der Waals surface area contributed by atoms with Gasteiger partial charge in [-0.3, -0.25) is 9.69 Å². The van der Waals surface area contributed by atoms with Crippen molar-refractivity contribution in [3.05, 3.63) is 130 Å². The van der Waals surface area contributed by atoms with Gasteiger partial charge in [0.2, 0.25) is 0 Å². The SMILES string of the molecule is Cc1cccc(COc2ccccc2CN(CC[C@H](N)C(=O)O)Cc2ccccc2OCc2cccc(C)c2)c1.Cl. The molecule has 0 aliphatic rings. The number of carbonyl (C=O) groups is 1. The first-order valence-electron chi connectivity index (χ1n) is 13.6. The van der Waals surface area contributed by atoms with Crippen molar-refractivity contribution in [2.24, 2.45) is 5.73 Å². The zero-order chi connectivity index (χ0) is 28.3. The van der Waals surface area contributed by atoms with Crippen LogP contribution < -0.4 is 15.2 Å². The molecule has 0 fully saturated rings. The van der Waals surface area contributed by atoms with Crippen LogP contribution in [-0.4, -0.2) is 28.6 Å². The number of carboxylic acid groups (broad SMARTS) is 1. The highest BCUT2D eigenvalue weighted by Crippen LogP contribution is 2.26. The molecule has 4 rings (SSSR count). The van der Waals surface area contributed by atoms with Gasteiger partial charge in [0.15, 0.2) is 0 Å². The van der Waals surface area contributed by atoms with Gasteiger partial charge in [0, 0.05) is 30.8 Å². The number of aliphatic carboxylic acids is 1. The Hall–Kier alpha value is -3.84. The van der Waals surface area contributed by atoms with E-state index >= 15 is 0 Å². The molecule has 7 heteroatoms. The van der Waals surface area contributed by atoms with Gasteiger partial charge in [-0.1, -0.05) is 96.1 Å². The number of nitrogens with two attached hydrogens (primary N) is 1. The lowest BCUT2D eigenvalue weighted by Crippen LogP contribution is -2.35. The van der Waals surface area contributed by atoms with E-state index in [2.05, 4.69) is 67.3 Å². The fraction of sp³-hybridized carbons (Fsp3) is 0.265. The van der Waals surface area contributed by atoms with Crippen LogP contribution in [-0.2, 0) is 31.1 Å². The Bertz CT molecular complexity index is 1320. The molecule has 216 valence electrons. The third kappa shape index (κ3) is 9.94. The highest BCUT2D eigenvalue weighted by atomic mass is 35.5. The summed E-state index contributed by atoms with van der Waals surface area (Å²) in [6, 6.07) is 31.6. The summed E-state index contributed by atoms with van der Waals surface area (Å²) < 4.78 is 12.5. The smallest absolute Gasteiger partial charge is 0.320 e. The molecule has 41 heavy (non-hydrogen) atoms. The fourth-order valence-electron chi connectivity index (χ4n) is 4.62. The minimum absolute atomic E-state index is 0. The molecule has 0 heterocycles.